The molecule has 1 heterocycles. The molecule has 0 amide bonds. The van der Waals surface area contributed by atoms with Crippen LogP contribution in [0.4, 0.5) is 4.39 Å². The van der Waals surface area contributed by atoms with Crippen molar-refractivity contribution in [2.24, 2.45) is 0 Å². The summed E-state index contributed by atoms with van der Waals surface area (Å²) in [6.45, 7) is 1.94. The first-order valence-corrected chi connectivity index (χ1v) is 5.82. The maximum Gasteiger partial charge on any atom is 0.134 e. The molecule has 3 heteroatoms. The Kier molecular flexibility index (Phi) is 2.15. The zero-order valence-corrected chi connectivity index (χ0v) is 9.74. The Balaban J connectivity index is 2.50. The molecule has 0 radical (unpaired) electrons. The van der Waals surface area contributed by atoms with E-state index in [2.05, 4.69) is 4.98 Å². The third kappa shape index (κ3) is 1.26. The number of aryl methyl sites for hydroxylation is 2. The van der Waals surface area contributed by atoms with Gasteiger partial charge < -0.3 is 0 Å². The number of pyridine rings is 1. The summed E-state index contributed by atoms with van der Waals surface area (Å²) in [5, 5.41) is 1.06. The van der Waals surface area contributed by atoms with Gasteiger partial charge in [-0.05, 0) is 43.4 Å². The van der Waals surface area contributed by atoms with Crippen LogP contribution in [0.2, 0.25) is 5.02 Å². The van der Waals surface area contributed by atoms with Gasteiger partial charge in [-0.15, -0.1) is 0 Å². The molecule has 0 saturated carbocycles. The second kappa shape index (κ2) is 3.42. The Labute approximate surface area is 98.3 Å². The normalized spacial score (nSPS) is 14.4. The van der Waals surface area contributed by atoms with Gasteiger partial charge in [0.25, 0.3) is 0 Å². The maximum absolute atomic E-state index is 13.8. The van der Waals surface area contributed by atoms with Crippen LogP contribution in [0.3, 0.4) is 0 Å². The molecule has 0 aliphatic heterocycles. The van der Waals surface area contributed by atoms with Gasteiger partial charge in [-0.2, -0.15) is 0 Å². The molecular weight excluding hydrogens is 225 g/mol. The van der Waals surface area contributed by atoms with Crippen molar-refractivity contribution in [1.82, 2.24) is 4.98 Å². The number of benzene rings is 1. The number of hydrogen-bond acceptors (Lipinski definition) is 1. The highest BCUT2D eigenvalue weighted by Crippen LogP contribution is 2.35. The average molecular weight is 236 g/mol. The molecule has 16 heavy (non-hydrogen) atoms. The van der Waals surface area contributed by atoms with Crippen molar-refractivity contribution in [2.75, 3.05) is 0 Å². The molecule has 0 bridgehead atoms. The van der Waals surface area contributed by atoms with Gasteiger partial charge in [0, 0.05) is 5.69 Å². The van der Waals surface area contributed by atoms with Crippen LogP contribution in [0.15, 0.2) is 12.1 Å². The second-order valence-electron chi connectivity index (χ2n) is 4.29. The first-order valence-electron chi connectivity index (χ1n) is 5.44. The number of halogens is 2. The molecular formula is C13H11ClFN. The van der Waals surface area contributed by atoms with Gasteiger partial charge in [-0.3, -0.25) is 4.98 Å². The first-order chi connectivity index (χ1) is 7.68. The minimum Gasteiger partial charge on any atom is -0.252 e. The van der Waals surface area contributed by atoms with Crippen LogP contribution >= 0.6 is 11.6 Å². The van der Waals surface area contributed by atoms with E-state index in [1.165, 1.54) is 6.07 Å². The van der Waals surface area contributed by atoms with E-state index >= 15 is 0 Å². The number of fused-ring (bicyclic) bond motifs is 2. The van der Waals surface area contributed by atoms with Crippen molar-refractivity contribution in [3.8, 4) is 0 Å². The van der Waals surface area contributed by atoms with Crippen LogP contribution < -0.4 is 0 Å². The van der Waals surface area contributed by atoms with Gasteiger partial charge in [0.1, 0.15) is 5.82 Å². The summed E-state index contributed by atoms with van der Waals surface area (Å²) < 4.78 is 13.8. The quantitative estimate of drug-likeness (QED) is 0.676. The standard InChI is InChI=1S/C13H11ClFN/c1-7-5-6-9(15)11-12(14)8-3-2-4-10(8)16-13(7)11/h5-6H,2-4H2,1H3. The third-order valence-corrected chi connectivity index (χ3v) is 3.67. The van der Waals surface area contributed by atoms with E-state index in [-0.39, 0.29) is 5.82 Å². The highest BCUT2D eigenvalue weighted by molar-refractivity contribution is 6.36. The lowest BCUT2D eigenvalue weighted by atomic mass is 10.1. The summed E-state index contributed by atoms with van der Waals surface area (Å²) in [4.78, 5) is 4.55. The van der Waals surface area contributed by atoms with Crippen molar-refractivity contribution in [1.29, 1.82) is 0 Å². The summed E-state index contributed by atoms with van der Waals surface area (Å²) in [5.74, 6) is -0.271. The summed E-state index contributed by atoms with van der Waals surface area (Å²) in [6, 6.07) is 3.22. The first kappa shape index (κ1) is 10.0. The second-order valence-corrected chi connectivity index (χ2v) is 4.67. The van der Waals surface area contributed by atoms with Crippen LogP contribution in [0.5, 0.6) is 0 Å². The van der Waals surface area contributed by atoms with E-state index < -0.39 is 0 Å². The molecule has 1 aliphatic carbocycles. The van der Waals surface area contributed by atoms with Gasteiger partial charge in [-0.1, -0.05) is 17.7 Å². The van der Waals surface area contributed by atoms with E-state index in [0.29, 0.717) is 15.9 Å². The Morgan fingerprint density at radius 3 is 2.94 bits per heavy atom. The lowest BCUT2D eigenvalue weighted by Crippen LogP contribution is -1.95. The smallest absolute Gasteiger partial charge is 0.134 e. The molecule has 82 valence electrons. The molecule has 0 saturated heterocycles. The fraction of sp³-hybridized carbons (Fsp3) is 0.308. The van der Waals surface area contributed by atoms with E-state index in [4.69, 9.17) is 11.6 Å². The zero-order valence-electron chi connectivity index (χ0n) is 8.98. The minimum absolute atomic E-state index is 0.271. The van der Waals surface area contributed by atoms with Crippen molar-refractivity contribution in [3.63, 3.8) is 0 Å². The van der Waals surface area contributed by atoms with E-state index in [1.807, 2.05) is 6.92 Å². The van der Waals surface area contributed by atoms with E-state index in [9.17, 15) is 4.39 Å². The Bertz CT molecular complexity index is 592. The minimum atomic E-state index is -0.271. The van der Waals surface area contributed by atoms with Gasteiger partial charge in [0.2, 0.25) is 0 Å². The molecule has 1 aromatic carbocycles. The van der Waals surface area contributed by atoms with E-state index in [0.717, 1.165) is 36.1 Å². The van der Waals surface area contributed by atoms with Crippen LogP contribution in [-0.4, -0.2) is 4.98 Å². The molecule has 0 atom stereocenters. The van der Waals surface area contributed by atoms with Gasteiger partial charge in [-0.25, -0.2) is 4.39 Å². The molecule has 2 aromatic rings. The molecule has 0 unspecified atom stereocenters. The fourth-order valence-corrected chi connectivity index (χ4v) is 2.78. The number of rotatable bonds is 0. The van der Waals surface area contributed by atoms with Crippen LogP contribution in [0.25, 0.3) is 10.9 Å². The number of hydrogen-bond donors (Lipinski definition) is 0. The molecule has 1 aliphatic rings. The molecule has 3 rings (SSSR count). The Morgan fingerprint density at radius 2 is 2.12 bits per heavy atom. The predicted octanol–water partition coefficient (Wildman–Crippen LogP) is 3.82. The monoisotopic (exact) mass is 235 g/mol. The topological polar surface area (TPSA) is 12.9 Å². The third-order valence-electron chi connectivity index (χ3n) is 3.25. The summed E-state index contributed by atoms with van der Waals surface area (Å²) in [7, 11) is 0. The Morgan fingerprint density at radius 1 is 1.31 bits per heavy atom. The molecule has 0 N–H and O–H groups in total. The molecule has 1 aromatic heterocycles. The van der Waals surface area contributed by atoms with Crippen molar-refractivity contribution >= 4 is 22.5 Å². The average Bonchev–Trinajstić information content (AvgIpc) is 2.72. The fourth-order valence-electron chi connectivity index (χ4n) is 2.40. The number of aromatic nitrogens is 1. The maximum atomic E-state index is 13.8. The van der Waals surface area contributed by atoms with Gasteiger partial charge in [0.05, 0.1) is 15.9 Å². The molecule has 1 nitrogen and oxygen atoms in total. The van der Waals surface area contributed by atoms with Gasteiger partial charge >= 0.3 is 0 Å². The Hall–Kier alpha value is -1.15. The highest BCUT2D eigenvalue weighted by Gasteiger charge is 2.20. The van der Waals surface area contributed by atoms with E-state index in [1.54, 1.807) is 6.07 Å². The van der Waals surface area contributed by atoms with Crippen LogP contribution in [0.1, 0.15) is 23.2 Å². The predicted molar refractivity (Wildman–Crippen MR) is 63.5 cm³/mol. The molecule has 0 spiro atoms. The largest absolute Gasteiger partial charge is 0.252 e. The van der Waals surface area contributed by atoms with Crippen LogP contribution in [-0.2, 0) is 12.8 Å². The SMILES string of the molecule is Cc1ccc(F)c2c(Cl)c3c(nc12)CCC3. The number of nitrogens with zero attached hydrogens (tertiary/aromatic N) is 1. The summed E-state index contributed by atoms with van der Waals surface area (Å²) >= 11 is 6.28. The van der Waals surface area contributed by atoms with Crippen molar-refractivity contribution < 1.29 is 4.39 Å². The van der Waals surface area contributed by atoms with Crippen molar-refractivity contribution in [3.05, 3.63) is 39.8 Å². The van der Waals surface area contributed by atoms with Gasteiger partial charge in [0.15, 0.2) is 0 Å². The van der Waals surface area contributed by atoms with Crippen molar-refractivity contribution in [2.45, 2.75) is 26.2 Å². The summed E-state index contributed by atoms with van der Waals surface area (Å²) in [5.41, 5.74) is 3.78. The zero-order chi connectivity index (χ0) is 11.3. The summed E-state index contributed by atoms with van der Waals surface area (Å²) in [6.07, 6.45) is 2.95. The lowest BCUT2D eigenvalue weighted by molar-refractivity contribution is 0.639. The highest BCUT2D eigenvalue weighted by atomic mass is 35.5. The molecule has 0 fully saturated rings. The van der Waals surface area contributed by atoms with Crippen LogP contribution in [0, 0.1) is 12.7 Å². The lowest BCUT2D eigenvalue weighted by Gasteiger charge is -2.09.